The minimum Gasteiger partial charge on any atom is -0.246 e. The molecule has 1 rings (SSSR count). The van der Waals surface area contributed by atoms with Crippen LogP contribution >= 0.6 is 10.7 Å². The average Bonchev–Trinajstić information content (AvgIpc) is 2.11. The van der Waals surface area contributed by atoms with E-state index in [2.05, 4.69) is 0 Å². The zero-order valence-corrected chi connectivity index (χ0v) is 6.70. The largest absolute Gasteiger partial charge is 0.299 e. The predicted molar refractivity (Wildman–Crippen MR) is 35.9 cm³/mol. The van der Waals surface area contributed by atoms with Gasteiger partial charge in [0, 0.05) is 23.8 Å². The van der Waals surface area contributed by atoms with Gasteiger partial charge in [-0.2, -0.15) is 12.7 Å². The van der Waals surface area contributed by atoms with Crippen molar-refractivity contribution < 1.29 is 12.8 Å². The minimum absolute atomic E-state index is 0.0914. The summed E-state index contributed by atoms with van der Waals surface area (Å²) >= 11 is 0. The molecule has 0 aromatic rings. The Morgan fingerprint density at radius 1 is 1.60 bits per heavy atom. The van der Waals surface area contributed by atoms with E-state index in [1.807, 2.05) is 0 Å². The van der Waals surface area contributed by atoms with Crippen molar-refractivity contribution in [1.82, 2.24) is 4.31 Å². The highest BCUT2D eigenvalue weighted by atomic mass is 35.7. The quantitative estimate of drug-likeness (QED) is 0.561. The van der Waals surface area contributed by atoms with Gasteiger partial charge in [0.05, 0.1) is 0 Å². The third-order valence-corrected chi connectivity index (χ3v) is 2.94. The molecule has 0 aromatic carbocycles. The maximum absolute atomic E-state index is 12.3. The van der Waals surface area contributed by atoms with Gasteiger partial charge < -0.3 is 0 Å². The van der Waals surface area contributed by atoms with Crippen LogP contribution in [-0.2, 0) is 9.24 Å². The lowest BCUT2D eigenvalue weighted by Crippen LogP contribution is -2.24. The van der Waals surface area contributed by atoms with Crippen LogP contribution in [0.25, 0.3) is 0 Å². The Kier molecular flexibility index (Phi) is 2.17. The van der Waals surface area contributed by atoms with Crippen LogP contribution in [0.5, 0.6) is 0 Å². The Morgan fingerprint density at radius 3 is 2.40 bits per heavy atom. The molecule has 0 aromatic heterocycles. The summed E-state index contributed by atoms with van der Waals surface area (Å²) in [5.41, 5.74) is 0. The van der Waals surface area contributed by atoms with Crippen LogP contribution in [0.15, 0.2) is 0 Å². The number of rotatable bonds is 1. The van der Waals surface area contributed by atoms with Crippen molar-refractivity contribution in [3.63, 3.8) is 0 Å². The first-order chi connectivity index (χ1) is 4.50. The molecular formula is C4H7ClFNO2S. The fourth-order valence-corrected chi connectivity index (χ4v) is 1.93. The summed E-state index contributed by atoms with van der Waals surface area (Å²) in [4.78, 5) is 0. The van der Waals surface area contributed by atoms with E-state index >= 15 is 0 Å². The van der Waals surface area contributed by atoms with Crippen molar-refractivity contribution in [2.75, 3.05) is 13.1 Å². The molecule has 10 heavy (non-hydrogen) atoms. The minimum atomic E-state index is -3.67. The molecule has 1 heterocycles. The van der Waals surface area contributed by atoms with Crippen LogP contribution in [-0.4, -0.2) is 32.0 Å². The summed E-state index contributed by atoms with van der Waals surface area (Å²) in [5.74, 6) is 0. The van der Waals surface area contributed by atoms with E-state index in [-0.39, 0.29) is 19.5 Å². The molecule has 1 aliphatic heterocycles. The molecule has 3 nitrogen and oxygen atoms in total. The lowest BCUT2D eigenvalue weighted by Gasteiger charge is -2.07. The molecule has 0 aliphatic carbocycles. The van der Waals surface area contributed by atoms with Gasteiger partial charge in [0.25, 0.3) is 9.24 Å². The zero-order valence-electron chi connectivity index (χ0n) is 5.13. The van der Waals surface area contributed by atoms with E-state index in [1.165, 1.54) is 0 Å². The van der Waals surface area contributed by atoms with Gasteiger partial charge in [-0.25, -0.2) is 4.39 Å². The van der Waals surface area contributed by atoms with Gasteiger partial charge in [0.2, 0.25) is 0 Å². The Hall–Kier alpha value is 0.130. The van der Waals surface area contributed by atoms with Gasteiger partial charge in [-0.3, -0.25) is 0 Å². The summed E-state index contributed by atoms with van der Waals surface area (Å²) in [6.07, 6.45) is -0.792. The van der Waals surface area contributed by atoms with Crippen molar-refractivity contribution in [2.45, 2.75) is 12.6 Å². The lowest BCUT2D eigenvalue weighted by molar-refractivity contribution is 0.344. The summed E-state index contributed by atoms with van der Waals surface area (Å²) < 4.78 is 34.3. The Bertz CT molecular complexity index is 217. The van der Waals surface area contributed by atoms with Crippen molar-refractivity contribution in [1.29, 1.82) is 0 Å². The maximum atomic E-state index is 12.3. The highest BCUT2D eigenvalue weighted by Gasteiger charge is 2.29. The Labute approximate surface area is 63.3 Å². The fraction of sp³-hybridized carbons (Fsp3) is 1.00. The highest BCUT2D eigenvalue weighted by molar-refractivity contribution is 8.11. The summed E-state index contributed by atoms with van der Waals surface area (Å²) in [6.45, 7) is 0.110. The molecule has 6 heteroatoms. The molecule has 1 unspecified atom stereocenters. The number of alkyl halides is 1. The molecule has 1 aliphatic rings. The van der Waals surface area contributed by atoms with Crippen molar-refractivity contribution in [2.24, 2.45) is 0 Å². The SMILES string of the molecule is O=S(=O)(Cl)N1CCC(F)C1. The fourth-order valence-electron chi connectivity index (χ4n) is 0.886. The second-order valence-electron chi connectivity index (χ2n) is 2.19. The van der Waals surface area contributed by atoms with Gasteiger partial charge in [0.15, 0.2) is 0 Å². The molecule has 0 spiro atoms. The van der Waals surface area contributed by atoms with Crippen molar-refractivity contribution in [3.05, 3.63) is 0 Å². The normalized spacial score (nSPS) is 29.2. The predicted octanol–water partition coefficient (Wildman–Crippen LogP) is 0.514. The van der Waals surface area contributed by atoms with Crippen LogP contribution in [0, 0.1) is 0 Å². The molecule has 1 saturated heterocycles. The van der Waals surface area contributed by atoms with E-state index in [1.54, 1.807) is 0 Å². The monoisotopic (exact) mass is 187 g/mol. The summed E-state index contributed by atoms with van der Waals surface area (Å²) in [5, 5.41) is 0. The van der Waals surface area contributed by atoms with Gasteiger partial charge in [0.1, 0.15) is 6.17 Å². The van der Waals surface area contributed by atoms with Crippen molar-refractivity contribution >= 4 is 19.9 Å². The Balaban J connectivity index is 2.62. The molecule has 0 radical (unpaired) electrons. The molecule has 0 bridgehead atoms. The van der Waals surface area contributed by atoms with E-state index in [0.717, 1.165) is 4.31 Å². The third kappa shape index (κ3) is 1.81. The molecular weight excluding hydrogens is 181 g/mol. The summed E-state index contributed by atoms with van der Waals surface area (Å²) in [6, 6.07) is 0. The summed E-state index contributed by atoms with van der Waals surface area (Å²) in [7, 11) is 1.27. The Morgan fingerprint density at radius 2 is 2.20 bits per heavy atom. The van der Waals surface area contributed by atoms with E-state index < -0.39 is 15.4 Å². The zero-order chi connectivity index (χ0) is 7.78. The van der Waals surface area contributed by atoms with Gasteiger partial charge in [-0.1, -0.05) is 0 Å². The smallest absolute Gasteiger partial charge is 0.246 e. The average molecular weight is 188 g/mol. The molecule has 0 N–H and O–H groups in total. The molecule has 0 saturated carbocycles. The second kappa shape index (κ2) is 2.64. The number of halogens is 2. The first-order valence-electron chi connectivity index (χ1n) is 2.84. The molecule has 0 amide bonds. The maximum Gasteiger partial charge on any atom is 0.299 e. The number of hydrogen-bond donors (Lipinski definition) is 0. The lowest BCUT2D eigenvalue weighted by atomic mass is 10.4. The highest BCUT2D eigenvalue weighted by Crippen LogP contribution is 2.17. The van der Waals surface area contributed by atoms with Gasteiger partial charge in [-0.15, -0.1) is 0 Å². The second-order valence-corrected chi connectivity index (χ2v) is 4.70. The van der Waals surface area contributed by atoms with E-state index in [9.17, 15) is 12.8 Å². The van der Waals surface area contributed by atoms with Crippen molar-refractivity contribution in [3.8, 4) is 0 Å². The molecule has 1 fully saturated rings. The topological polar surface area (TPSA) is 37.4 Å². The van der Waals surface area contributed by atoms with Crippen LogP contribution in [0.4, 0.5) is 4.39 Å². The first-order valence-corrected chi connectivity index (χ1v) is 5.10. The molecule has 1 atom stereocenters. The van der Waals surface area contributed by atoms with Gasteiger partial charge >= 0.3 is 0 Å². The van der Waals surface area contributed by atoms with Gasteiger partial charge in [-0.05, 0) is 6.42 Å². The van der Waals surface area contributed by atoms with Crippen LogP contribution in [0.3, 0.4) is 0 Å². The molecule has 60 valence electrons. The van der Waals surface area contributed by atoms with Crippen LogP contribution in [0.1, 0.15) is 6.42 Å². The van der Waals surface area contributed by atoms with E-state index in [4.69, 9.17) is 10.7 Å². The third-order valence-electron chi connectivity index (χ3n) is 1.40. The van der Waals surface area contributed by atoms with Crippen LogP contribution < -0.4 is 0 Å². The van der Waals surface area contributed by atoms with E-state index in [0.29, 0.717) is 0 Å². The first kappa shape index (κ1) is 8.23. The standard InChI is InChI=1S/C4H7ClFNO2S/c5-10(8,9)7-2-1-4(6)3-7/h4H,1-3H2. The van der Waals surface area contributed by atoms with Crippen LogP contribution in [0.2, 0.25) is 0 Å². The number of nitrogens with zero attached hydrogens (tertiary/aromatic N) is 1. The number of hydrogen-bond acceptors (Lipinski definition) is 2.